The van der Waals surface area contributed by atoms with Crippen molar-refractivity contribution >= 4 is 16.6 Å². The number of nitrogens with two attached hydrogens (primary N) is 1. The molecule has 2 aromatic carbocycles. The van der Waals surface area contributed by atoms with Crippen LogP contribution in [0.3, 0.4) is 0 Å². The van der Waals surface area contributed by atoms with Crippen molar-refractivity contribution in [3.05, 3.63) is 54.7 Å². The molecule has 0 amide bonds. The maximum absolute atomic E-state index is 9.36. The molecule has 3 rings (SSSR count). The minimum absolute atomic E-state index is 0.0656. The summed E-state index contributed by atoms with van der Waals surface area (Å²) in [4.78, 5) is 0. The van der Waals surface area contributed by atoms with E-state index in [9.17, 15) is 5.11 Å². The maximum Gasteiger partial charge on any atom is 0.0636 e. The summed E-state index contributed by atoms with van der Waals surface area (Å²) < 4.78 is 2.10. The maximum atomic E-state index is 9.36. The molecule has 20 heavy (non-hydrogen) atoms. The largest absolute Gasteiger partial charge is 0.398 e. The highest BCUT2D eigenvalue weighted by atomic mass is 16.3. The number of rotatable bonds is 3. The third-order valence-electron chi connectivity index (χ3n) is 3.75. The second-order valence-electron chi connectivity index (χ2n) is 5.08. The smallest absolute Gasteiger partial charge is 0.0636 e. The molecule has 0 saturated heterocycles. The highest BCUT2D eigenvalue weighted by molar-refractivity contribution is 5.98. The number of benzene rings is 2. The van der Waals surface area contributed by atoms with Crippen LogP contribution in [0.25, 0.3) is 22.0 Å². The van der Waals surface area contributed by atoms with Gasteiger partial charge in [0.05, 0.1) is 12.6 Å². The molecule has 0 saturated carbocycles. The van der Waals surface area contributed by atoms with Gasteiger partial charge in [0.2, 0.25) is 0 Å². The molecule has 1 heterocycles. The molecule has 1 unspecified atom stereocenters. The molecule has 102 valence electrons. The summed E-state index contributed by atoms with van der Waals surface area (Å²) in [5, 5.41) is 10.5. The standard InChI is InChI=1S/C17H18N2O/c1-12(11-20)19-10-9-15-13(6-4-8-17(15)19)14-5-2-3-7-16(14)18/h2-10,12,20H,11,18H2,1H3. The molecule has 0 fully saturated rings. The number of hydrogen-bond donors (Lipinski definition) is 2. The van der Waals surface area contributed by atoms with Crippen LogP contribution in [0, 0.1) is 0 Å². The number of hydrogen-bond acceptors (Lipinski definition) is 2. The lowest BCUT2D eigenvalue weighted by Crippen LogP contribution is -2.07. The minimum atomic E-state index is 0.0656. The van der Waals surface area contributed by atoms with Crippen molar-refractivity contribution in [3.8, 4) is 11.1 Å². The van der Waals surface area contributed by atoms with Crippen LogP contribution in [-0.4, -0.2) is 16.3 Å². The van der Waals surface area contributed by atoms with Gasteiger partial charge in [-0.15, -0.1) is 0 Å². The Labute approximate surface area is 118 Å². The van der Waals surface area contributed by atoms with Gasteiger partial charge in [-0.25, -0.2) is 0 Å². The van der Waals surface area contributed by atoms with E-state index in [1.807, 2.05) is 43.5 Å². The molecular weight excluding hydrogens is 248 g/mol. The Morgan fingerprint density at radius 2 is 1.80 bits per heavy atom. The van der Waals surface area contributed by atoms with Gasteiger partial charge in [-0.3, -0.25) is 0 Å². The molecule has 0 spiro atoms. The van der Waals surface area contributed by atoms with Gasteiger partial charge >= 0.3 is 0 Å². The van der Waals surface area contributed by atoms with Crippen LogP contribution >= 0.6 is 0 Å². The first-order valence-electron chi connectivity index (χ1n) is 6.77. The van der Waals surface area contributed by atoms with Gasteiger partial charge in [-0.1, -0.05) is 30.3 Å². The van der Waals surface area contributed by atoms with Crippen LogP contribution in [0.1, 0.15) is 13.0 Å². The molecular formula is C17H18N2O. The Morgan fingerprint density at radius 1 is 1.05 bits per heavy atom. The molecule has 3 aromatic rings. The molecule has 0 aliphatic heterocycles. The average molecular weight is 266 g/mol. The van der Waals surface area contributed by atoms with Crippen molar-refractivity contribution in [3.63, 3.8) is 0 Å². The summed E-state index contributed by atoms with van der Waals surface area (Å²) in [5.41, 5.74) is 10.2. The second kappa shape index (κ2) is 5.02. The predicted molar refractivity (Wildman–Crippen MR) is 83.6 cm³/mol. The fraction of sp³-hybridized carbons (Fsp3) is 0.176. The van der Waals surface area contributed by atoms with Crippen LogP contribution in [0.5, 0.6) is 0 Å². The molecule has 0 bridgehead atoms. The summed E-state index contributed by atoms with van der Waals surface area (Å²) >= 11 is 0. The number of aliphatic hydroxyl groups is 1. The van der Waals surface area contributed by atoms with Crippen molar-refractivity contribution in [2.24, 2.45) is 0 Å². The fourth-order valence-electron chi connectivity index (χ4n) is 2.64. The first-order chi connectivity index (χ1) is 9.72. The normalized spacial score (nSPS) is 12.7. The minimum Gasteiger partial charge on any atom is -0.398 e. The predicted octanol–water partition coefficient (Wildman–Crippen LogP) is 3.44. The monoisotopic (exact) mass is 266 g/mol. The zero-order chi connectivity index (χ0) is 14.1. The highest BCUT2D eigenvalue weighted by Crippen LogP contribution is 2.33. The van der Waals surface area contributed by atoms with Gasteiger partial charge < -0.3 is 15.4 Å². The second-order valence-corrected chi connectivity index (χ2v) is 5.08. The Bertz CT molecular complexity index is 746. The quantitative estimate of drug-likeness (QED) is 0.713. The van der Waals surface area contributed by atoms with Gasteiger partial charge in [-0.05, 0) is 30.7 Å². The van der Waals surface area contributed by atoms with Gasteiger partial charge in [-0.2, -0.15) is 0 Å². The fourth-order valence-corrected chi connectivity index (χ4v) is 2.64. The molecule has 0 aliphatic rings. The molecule has 1 atom stereocenters. The number of anilines is 1. The van der Waals surface area contributed by atoms with Gasteiger partial charge in [0.1, 0.15) is 0 Å². The summed E-state index contributed by atoms with van der Waals surface area (Å²) in [6, 6.07) is 16.2. The Morgan fingerprint density at radius 3 is 2.55 bits per heavy atom. The van der Waals surface area contributed by atoms with E-state index in [1.54, 1.807) is 0 Å². The van der Waals surface area contributed by atoms with Crippen molar-refractivity contribution in [2.45, 2.75) is 13.0 Å². The number of nitrogen functional groups attached to an aromatic ring is 1. The molecule has 3 heteroatoms. The SMILES string of the molecule is CC(CO)n1ccc2c(-c3ccccc3N)cccc21. The van der Waals surface area contributed by atoms with Crippen LogP contribution in [0.4, 0.5) is 5.69 Å². The van der Waals surface area contributed by atoms with Crippen LogP contribution in [0.15, 0.2) is 54.7 Å². The highest BCUT2D eigenvalue weighted by Gasteiger charge is 2.11. The Kier molecular flexibility index (Phi) is 3.20. The third kappa shape index (κ3) is 1.96. The number of para-hydroxylation sites is 1. The van der Waals surface area contributed by atoms with E-state index in [2.05, 4.69) is 22.8 Å². The van der Waals surface area contributed by atoms with Gasteiger partial charge in [0.25, 0.3) is 0 Å². The molecule has 0 radical (unpaired) electrons. The van der Waals surface area contributed by atoms with E-state index in [1.165, 1.54) is 0 Å². The van der Waals surface area contributed by atoms with E-state index in [0.717, 1.165) is 27.7 Å². The van der Waals surface area contributed by atoms with Gasteiger partial charge in [0, 0.05) is 28.4 Å². The first kappa shape index (κ1) is 12.8. The summed E-state index contributed by atoms with van der Waals surface area (Å²) in [6.45, 7) is 2.13. The zero-order valence-electron chi connectivity index (χ0n) is 11.5. The van der Waals surface area contributed by atoms with E-state index in [4.69, 9.17) is 5.73 Å². The van der Waals surface area contributed by atoms with Crippen molar-refractivity contribution in [2.75, 3.05) is 12.3 Å². The van der Waals surface area contributed by atoms with E-state index in [-0.39, 0.29) is 12.6 Å². The summed E-state index contributed by atoms with van der Waals surface area (Å²) in [5.74, 6) is 0. The zero-order valence-corrected chi connectivity index (χ0v) is 11.5. The lowest BCUT2D eigenvalue weighted by molar-refractivity contribution is 0.241. The van der Waals surface area contributed by atoms with Crippen molar-refractivity contribution in [1.29, 1.82) is 0 Å². The van der Waals surface area contributed by atoms with Crippen molar-refractivity contribution in [1.82, 2.24) is 4.57 Å². The van der Waals surface area contributed by atoms with E-state index >= 15 is 0 Å². The number of aliphatic hydroxyl groups excluding tert-OH is 1. The topological polar surface area (TPSA) is 51.2 Å². The number of nitrogens with zero attached hydrogens (tertiary/aromatic N) is 1. The Balaban J connectivity index is 2.24. The summed E-state index contributed by atoms with van der Waals surface area (Å²) in [7, 11) is 0. The first-order valence-corrected chi connectivity index (χ1v) is 6.77. The third-order valence-corrected chi connectivity index (χ3v) is 3.75. The number of aromatic nitrogens is 1. The van der Waals surface area contributed by atoms with Gasteiger partial charge in [0.15, 0.2) is 0 Å². The molecule has 0 aliphatic carbocycles. The average Bonchev–Trinajstić information content (AvgIpc) is 2.91. The number of fused-ring (bicyclic) bond motifs is 1. The molecule has 3 nitrogen and oxygen atoms in total. The lowest BCUT2D eigenvalue weighted by Gasteiger charge is -2.13. The summed E-state index contributed by atoms with van der Waals surface area (Å²) in [6.07, 6.45) is 2.02. The molecule has 1 aromatic heterocycles. The van der Waals surface area contributed by atoms with Crippen molar-refractivity contribution < 1.29 is 5.11 Å². The van der Waals surface area contributed by atoms with Crippen LogP contribution in [0.2, 0.25) is 0 Å². The van der Waals surface area contributed by atoms with Crippen LogP contribution in [-0.2, 0) is 0 Å². The molecule has 3 N–H and O–H groups in total. The Hall–Kier alpha value is -2.26. The van der Waals surface area contributed by atoms with E-state index in [0.29, 0.717) is 0 Å². The lowest BCUT2D eigenvalue weighted by atomic mass is 10.0. The van der Waals surface area contributed by atoms with Crippen LogP contribution < -0.4 is 5.73 Å². The van der Waals surface area contributed by atoms with E-state index < -0.39 is 0 Å².